The maximum atomic E-state index is 12.6. The quantitative estimate of drug-likeness (QED) is 0.772. The molecule has 23 heavy (non-hydrogen) atoms. The molecular formula is C19H31N3O. The Morgan fingerprint density at radius 2 is 1.78 bits per heavy atom. The van der Waals surface area contributed by atoms with E-state index in [4.69, 9.17) is 0 Å². The van der Waals surface area contributed by atoms with Crippen molar-refractivity contribution in [2.75, 3.05) is 46.3 Å². The predicted molar refractivity (Wildman–Crippen MR) is 95.3 cm³/mol. The molecule has 0 aliphatic carbocycles. The molecule has 0 radical (unpaired) electrons. The van der Waals surface area contributed by atoms with Crippen LogP contribution in [0.3, 0.4) is 0 Å². The molecule has 4 nitrogen and oxygen atoms in total. The van der Waals surface area contributed by atoms with Crippen LogP contribution in [0.2, 0.25) is 0 Å². The van der Waals surface area contributed by atoms with Crippen LogP contribution < -0.4 is 0 Å². The number of benzene rings is 1. The van der Waals surface area contributed by atoms with Gasteiger partial charge in [-0.1, -0.05) is 44.2 Å². The summed E-state index contributed by atoms with van der Waals surface area (Å²) in [7, 11) is 2.17. The van der Waals surface area contributed by atoms with E-state index < -0.39 is 0 Å². The molecule has 1 saturated heterocycles. The highest BCUT2D eigenvalue weighted by Gasteiger charge is 2.18. The minimum Gasteiger partial charge on any atom is -0.337 e. The van der Waals surface area contributed by atoms with E-state index in [0.29, 0.717) is 12.3 Å². The van der Waals surface area contributed by atoms with Gasteiger partial charge in [0.25, 0.3) is 0 Å². The predicted octanol–water partition coefficient (Wildman–Crippen LogP) is 2.31. The van der Waals surface area contributed by atoms with Gasteiger partial charge in [-0.2, -0.15) is 0 Å². The zero-order valence-electron chi connectivity index (χ0n) is 14.9. The number of hydrogen-bond acceptors (Lipinski definition) is 3. The van der Waals surface area contributed by atoms with Gasteiger partial charge in [-0.05, 0) is 18.5 Å². The zero-order valence-corrected chi connectivity index (χ0v) is 14.9. The van der Waals surface area contributed by atoms with Gasteiger partial charge in [-0.15, -0.1) is 0 Å². The number of likely N-dealkylation sites (N-methyl/N-ethyl adjacent to an activating group) is 1. The number of carbonyl (C=O) groups is 1. The molecule has 0 atom stereocenters. The van der Waals surface area contributed by atoms with E-state index in [9.17, 15) is 4.79 Å². The number of amides is 1. The maximum absolute atomic E-state index is 12.6. The molecule has 0 aromatic heterocycles. The Hall–Kier alpha value is -1.39. The largest absolute Gasteiger partial charge is 0.337 e. The second kappa shape index (κ2) is 9.04. The summed E-state index contributed by atoms with van der Waals surface area (Å²) in [6.45, 7) is 11.2. The van der Waals surface area contributed by atoms with Crippen LogP contribution >= 0.6 is 0 Å². The van der Waals surface area contributed by atoms with Crippen LogP contribution in [0.4, 0.5) is 0 Å². The lowest BCUT2D eigenvalue weighted by Crippen LogP contribution is -2.47. The van der Waals surface area contributed by atoms with Crippen molar-refractivity contribution < 1.29 is 4.79 Å². The van der Waals surface area contributed by atoms with Crippen molar-refractivity contribution in [3.63, 3.8) is 0 Å². The fourth-order valence-corrected chi connectivity index (χ4v) is 2.91. The van der Waals surface area contributed by atoms with E-state index in [-0.39, 0.29) is 5.91 Å². The molecule has 1 aromatic carbocycles. The summed E-state index contributed by atoms with van der Waals surface area (Å²) < 4.78 is 0. The Bertz CT molecular complexity index is 467. The summed E-state index contributed by atoms with van der Waals surface area (Å²) in [5.41, 5.74) is 1.21. The molecule has 1 aliphatic heterocycles. The average Bonchev–Trinajstić information content (AvgIpc) is 2.53. The summed E-state index contributed by atoms with van der Waals surface area (Å²) in [5.74, 6) is 0.683. The van der Waals surface area contributed by atoms with E-state index in [1.165, 1.54) is 5.56 Å². The summed E-state index contributed by atoms with van der Waals surface area (Å²) in [6.07, 6.45) is 0.634. The Morgan fingerprint density at radius 3 is 2.39 bits per heavy atom. The van der Waals surface area contributed by atoms with Crippen molar-refractivity contribution >= 4 is 5.91 Å². The molecule has 2 rings (SSSR count). The summed E-state index contributed by atoms with van der Waals surface area (Å²) in [6, 6.07) is 10.3. The van der Waals surface area contributed by atoms with Crippen molar-refractivity contribution in [3.05, 3.63) is 35.9 Å². The van der Waals surface area contributed by atoms with Gasteiger partial charge >= 0.3 is 0 Å². The van der Waals surface area contributed by atoms with Crippen LogP contribution in [0.5, 0.6) is 0 Å². The lowest BCUT2D eigenvalue weighted by Gasteiger charge is -2.34. The van der Waals surface area contributed by atoms with E-state index in [1.807, 2.05) is 23.1 Å². The third-order valence-electron chi connectivity index (χ3n) is 4.43. The lowest BCUT2D eigenvalue weighted by molar-refractivity contribution is -0.132. The standard InChI is InChI=1S/C19H31N3O/c1-17(2)15-19(23)22(16-18-7-5-4-6-8-18)14-13-21-11-9-20(3)10-12-21/h4-8,17H,9-16H2,1-3H3. The molecule has 1 aliphatic rings. The van der Waals surface area contributed by atoms with Crippen LogP contribution in [0.1, 0.15) is 25.8 Å². The summed E-state index contributed by atoms with van der Waals surface area (Å²) >= 11 is 0. The molecule has 0 saturated carbocycles. The Morgan fingerprint density at radius 1 is 1.13 bits per heavy atom. The van der Waals surface area contributed by atoms with Gasteiger partial charge in [0, 0.05) is 52.2 Å². The van der Waals surface area contributed by atoms with Gasteiger partial charge in [0.05, 0.1) is 0 Å². The molecule has 1 fully saturated rings. The molecule has 1 aromatic rings. The van der Waals surface area contributed by atoms with Crippen molar-refractivity contribution in [1.82, 2.24) is 14.7 Å². The highest BCUT2D eigenvalue weighted by atomic mass is 16.2. The fraction of sp³-hybridized carbons (Fsp3) is 0.632. The van der Waals surface area contributed by atoms with Gasteiger partial charge in [0.2, 0.25) is 5.91 Å². The first-order chi connectivity index (χ1) is 11.0. The summed E-state index contributed by atoms with van der Waals surface area (Å²) in [4.78, 5) is 19.5. The minimum absolute atomic E-state index is 0.276. The SMILES string of the molecule is CC(C)CC(=O)N(CCN1CCN(C)CC1)Cc1ccccc1. The van der Waals surface area contributed by atoms with Crippen LogP contribution in [-0.4, -0.2) is 66.9 Å². The third kappa shape index (κ3) is 6.32. The number of carbonyl (C=O) groups excluding carboxylic acids is 1. The van der Waals surface area contributed by atoms with E-state index in [0.717, 1.165) is 45.8 Å². The van der Waals surface area contributed by atoms with Crippen molar-refractivity contribution in [1.29, 1.82) is 0 Å². The second-order valence-corrected chi connectivity index (χ2v) is 7.04. The first-order valence-electron chi connectivity index (χ1n) is 8.77. The smallest absolute Gasteiger partial charge is 0.223 e. The van der Waals surface area contributed by atoms with Crippen LogP contribution in [0.25, 0.3) is 0 Å². The van der Waals surface area contributed by atoms with E-state index in [2.05, 4.69) is 42.8 Å². The third-order valence-corrected chi connectivity index (χ3v) is 4.43. The van der Waals surface area contributed by atoms with E-state index in [1.54, 1.807) is 0 Å². The van der Waals surface area contributed by atoms with Gasteiger partial charge in [-0.3, -0.25) is 9.69 Å². The van der Waals surface area contributed by atoms with Gasteiger partial charge in [0.15, 0.2) is 0 Å². The summed E-state index contributed by atoms with van der Waals surface area (Å²) in [5, 5.41) is 0. The second-order valence-electron chi connectivity index (χ2n) is 7.04. The first kappa shape index (κ1) is 18.0. The number of piperazine rings is 1. The molecule has 1 amide bonds. The first-order valence-corrected chi connectivity index (χ1v) is 8.77. The molecule has 1 heterocycles. The number of nitrogens with zero attached hydrogens (tertiary/aromatic N) is 3. The van der Waals surface area contributed by atoms with Gasteiger partial charge in [-0.25, -0.2) is 0 Å². The maximum Gasteiger partial charge on any atom is 0.223 e. The van der Waals surface area contributed by atoms with Gasteiger partial charge in [0.1, 0.15) is 0 Å². The Balaban J connectivity index is 1.91. The highest BCUT2D eigenvalue weighted by Crippen LogP contribution is 2.10. The van der Waals surface area contributed by atoms with Crippen LogP contribution in [-0.2, 0) is 11.3 Å². The molecule has 0 spiro atoms. The number of rotatable bonds is 7. The molecule has 128 valence electrons. The molecule has 0 bridgehead atoms. The number of hydrogen-bond donors (Lipinski definition) is 0. The van der Waals surface area contributed by atoms with Crippen molar-refractivity contribution in [3.8, 4) is 0 Å². The monoisotopic (exact) mass is 317 g/mol. The van der Waals surface area contributed by atoms with Crippen LogP contribution in [0.15, 0.2) is 30.3 Å². The zero-order chi connectivity index (χ0) is 16.7. The fourth-order valence-electron chi connectivity index (χ4n) is 2.91. The molecule has 0 N–H and O–H groups in total. The lowest BCUT2D eigenvalue weighted by atomic mass is 10.1. The average molecular weight is 317 g/mol. The van der Waals surface area contributed by atoms with E-state index >= 15 is 0 Å². The normalized spacial score (nSPS) is 16.7. The van der Waals surface area contributed by atoms with Crippen molar-refractivity contribution in [2.24, 2.45) is 5.92 Å². The van der Waals surface area contributed by atoms with Gasteiger partial charge < -0.3 is 9.80 Å². The van der Waals surface area contributed by atoms with Crippen LogP contribution in [0, 0.1) is 5.92 Å². The molecule has 4 heteroatoms. The molecular weight excluding hydrogens is 286 g/mol. The Labute approximate surface area is 141 Å². The van der Waals surface area contributed by atoms with Crippen molar-refractivity contribution in [2.45, 2.75) is 26.8 Å². The topological polar surface area (TPSA) is 26.8 Å². The Kier molecular flexibility index (Phi) is 7.06. The molecule has 0 unspecified atom stereocenters. The highest BCUT2D eigenvalue weighted by molar-refractivity contribution is 5.76. The minimum atomic E-state index is 0.276.